The predicted molar refractivity (Wildman–Crippen MR) is 119 cm³/mol. The Hall–Kier alpha value is -1.50. The first-order valence-electron chi connectivity index (χ1n) is 9.67. The summed E-state index contributed by atoms with van der Waals surface area (Å²) in [5, 5.41) is 23.4. The van der Waals surface area contributed by atoms with Crippen molar-refractivity contribution in [3.8, 4) is 0 Å². The average molecular weight is 467 g/mol. The molecule has 0 aliphatic carbocycles. The maximum absolute atomic E-state index is 12.0. The molecule has 0 aromatic heterocycles. The quantitative estimate of drug-likeness (QED) is 0.144. The Bertz CT molecular complexity index is 541. The van der Waals surface area contributed by atoms with E-state index >= 15 is 0 Å². The number of nitrogens with one attached hydrogen (secondary N) is 2. The van der Waals surface area contributed by atoms with Crippen molar-refractivity contribution in [2.24, 2.45) is 23.3 Å². The lowest BCUT2D eigenvalue weighted by Crippen LogP contribution is -2.50. The van der Waals surface area contributed by atoms with Crippen molar-refractivity contribution in [2.75, 3.05) is 11.5 Å². The standard InChI is InChI=1S/C18H34N4O6S2/c1-9(2)5-11(19)15(23)21-13(17(25)26)7-29-30-8-14(18(27)28)22-16(24)12(20)6-10(3)4/h9-14H,5-8,19-20H2,1-4H3,(H,21,23)(H,22,24)(H,25,26)(H,27,28)/t11-,12-,13+,14+/m0/s1. The van der Waals surface area contributed by atoms with Crippen molar-refractivity contribution >= 4 is 45.3 Å². The van der Waals surface area contributed by atoms with Gasteiger partial charge in [-0.3, -0.25) is 9.59 Å². The predicted octanol–water partition coefficient (Wildman–Crippen LogP) is 0.253. The summed E-state index contributed by atoms with van der Waals surface area (Å²) in [6, 6.07) is -3.92. The molecule has 0 radical (unpaired) electrons. The number of nitrogens with two attached hydrogens (primary N) is 2. The smallest absolute Gasteiger partial charge is 0.327 e. The molecule has 0 bridgehead atoms. The summed E-state index contributed by atoms with van der Waals surface area (Å²) in [5.41, 5.74) is 11.5. The molecule has 0 unspecified atom stereocenters. The Balaban J connectivity index is 4.58. The lowest BCUT2D eigenvalue weighted by molar-refractivity contribution is -0.141. The van der Waals surface area contributed by atoms with E-state index < -0.39 is 47.9 Å². The van der Waals surface area contributed by atoms with E-state index in [1.807, 2.05) is 27.7 Å². The molecule has 0 saturated heterocycles. The summed E-state index contributed by atoms with van der Waals surface area (Å²) >= 11 is 0. The maximum Gasteiger partial charge on any atom is 0.327 e. The van der Waals surface area contributed by atoms with Gasteiger partial charge in [0.25, 0.3) is 0 Å². The number of rotatable bonds is 15. The maximum atomic E-state index is 12.0. The fraction of sp³-hybridized carbons (Fsp3) is 0.778. The molecule has 12 heteroatoms. The van der Waals surface area contributed by atoms with Crippen molar-refractivity contribution in [2.45, 2.75) is 64.7 Å². The zero-order valence-corrected chi connectivity index (χ0v) is 19.4. The lowest BCUT2D eigenvalue weighted by atomic mass is 10.0. The van der Waals surface area contributed by atoms with Crippen LogP contribution in [-0.2, 0) is 19.2 Å². The van der Waals surface area contributed by atoms with Gasteiger partial charge in [0, 0.05) is 11.5 Å². The minimum absolute atomic E-state index is 0.00723. The van der Waals surface area contributed by atoms with E-state index in [1.165, 1.54) is 0 Å². The normalized spacial score (nSPS) is 15.3. The Labute approximate surface area is 185 Å². The van der Waals surface area contributed by atoms with Gasteiger partial charge >= 0.3 is 11.9 Å². The number of carbonyl (C=O) groups is 4. The number of carbonyl (C=O) groups excluding carboxylic acids is 2. The van der Waals surface area contributed by atoms with Crippen LogP contribution in [-0.4, -0.2) is 69.6 Å². The highest BCUT2D eigenvalue weighted by Gasteiger charge is 2.26. The third-order valence-electron chi connectivity index (χ3n) is 3.91. The SMILES string of the molecule is CC(C)C[C@H](N)C(=O)N[C@H](CSSC[C@@H](NC(=O)[C@@H](N)CC(C)C)C(=O)O)C(=O)O. The second-order valence-corrected chi connectivity index (χ2v) is 10.4. The van der Waals surface area contributed by atoms with Crippen LogP contribution in [0.25, 0.3) is 0 Å². The first-order valence-corrected chi connectivity index (χ1v) is 12.2. The van der Waals surface area contributed by atoms with Gasteiger partial charge in [-0.1, -0.05) is 49.3 Å². The highest BCUT2D eigenvalue weighted by molar-refractivity contribution is 8.76. The van der Waals surface area contributed by atoms with Gasteiger partial charge in [-0.2, -0.15) is 0 Å². The number of hydrogen-bond donors (Lipinski definition) is 6. The summed E-state index contributed by atoms with van der Waals surface area (Å²) < 4.78 is 0. The molecule has 0 aliphatic rings. The highest BCUT2D eigenvalue weighted by atomic mass is 33.1. The first-order chi connectivity index (χ1) is 13.8. The van der Waals surface area contributed by atoms with Gasteiger partial charge in [-0.05, 0) is 24.7 Å². The van der Waals surface area contributed by atoms with Crippen molar-refractivity contribution in [1.29, 1.82) is 0 Å². The Morgan fingerprint density at radius 1 is 0.733 bits per heavy atom. The Morgan fingerprint density at radius 2 is 1.03 bits per heavy atom. The van der Waals surface area contributed by atoms with Gasteiger partial charge in [-0.15, -0.1) is 0 Å². The Kier molecular flexibility index (Phi) is 13.8. The number of amides is 2. The van der Waals surface area contributed by atoms with Crippen LogP contribution in [0.1, 0.15) is 40.5 Å². The topological polar surface area (TPSA) is 185 Å². The first kappa shape index (κ1) is 28.5. The van der Waals surface area contributed by atoms with E-state index in [-0.39, 0.29) is 23.3 Å². The van der Waals surface area contributed by atoms with Gasteiger partial charge < -0.3 is 32.3 Å². The molecule has 0 heterocycles. The van der Waals surface area contributed by atoms with Crippen LogP contribution >= 0.6 is 21.6 Å². The summed E-state index contributed by atoms with van der Waals surface area (Å²) in [7, 11) is 2.17. The third-order valence-corrected chi connectivity index (χ3v) is 6.33. The molecule has 10 nitrogen and oxygen atoms in total. The molecule has 4 atom stereocenters. The van der Waals surface area contributed by atoms with Gasteiger partial charge in [-0.25, -0.2) is 9.59 Å². The monoisotopic (exact) mass is 466 g/mol. The van der Waals surface area contributed by atoms with Crippen LogP contribution in [0.5, 0.6) is 0 Å². The molecular formula is C18H34N4O6S2. The van der Waals surface area contributed by atoms with E-state index in [2.05, 4.69) is 10.6 Å². The molecule has 30 heavy (non-hydrogen) atoms. The molecule has 0 spiro atoms. The molecule has 0 fully saturated rings. The van der Waals surface area contributed by atoms with Crippen LogP contribution in [0.2, 0.25) is 0 Å². The van der Waals surface area contributed by atoms with Crippen molar-refractivity contribution in [1.82, 2.24) is 10.6 Å². The second kappa shape index (κ2) is 14.5. The fourth-order valence-electron chi connectivity index (χ4n) is 2.37. The van der Waals surface area contributed by atoms with E-state index in [1.54, 1.807) is 0 Å². The third kappa shape index (κ3) is 12.3. The molecule has 0 aromatic carbocycles. The van der Waals surface area contributed by atoms with Crippen LogP contribution in [0.4, 0.5) is 0 Å². The molecule has 8 N–H and O–H groups in total. The van der Waals surface area contributed by atoms with Crippen LogP contribution in [0.3, 0.4) is 0 Å². The van der Waals surface area contributed by atoms with Crippen LogP contribution in [0, 0.1) is 11.8 Å². The minimum atomic E-state index is -1.21. The van der Waals surface area contributed by atoms with Gasteiger partial charge in [0.1, 0.15) is 12.1 Å². The van der Waals surface area contributed by atoms with Gasteiger partial charge in [0.2, 0.25) is 11.8 Å². The fourth-order valence-corrected chi connectivity index (χ4v) is 4.68. The van der Waals surface area contributed by atoms with E-state index in [0.717, 1.165) is 21.6 Å². The summed E-state index contributed by atoms with van der Waals surface area (Å²) in [4.78, 5) is 46.8. The summed E-state index contributed by atoms with van der Waals surface area (Å²) in [6.45, 7) is 7.62. The number of carboxylic acids is 2. The van der Waals surface area contributed by atoms with Gasteiger partial charge in [0.15, 0.2) is 0 Å². The van der Waals surface area contributed by atoms with E-state index in [4.69, 9.17) is 11.5 Å². The Morgan fingerprint density at radius 3 is 1.27 bits per heavy atom. The van der Waals surface area contributed by atoms with Crippen molar-refractivity contribution in [3.05, 3.63) is 0 Å². The molecule has 0 rings (SSSR count). The molecule has 174 valence electrons. The highest BCUT2D eigenvalue weighted by Crippen LogP contribution is 2.23. The van der Waals surface area contributed by atoms with E-state index in [0.29, 0.717) is 12.8 Å². The molecule has 0 aliphatic heterocycles. The lowest BCUT2D eigenvalue weighted by Gasteiger charge is -2.20. The molecule has 0 saturated carbocycles. The number of carboxylic acid groups (broad SMARTS) is 2. The molecule has 0 aromatic rings. The number of aliphatic carboxylic acids is 2. The van der Waals surface area contributed by atoms with E-state index in [9.17, 15) is 29.4 Å². The second-order valence-electron chi connectivity index (χ2n) is 7.84. The molecule has 2 amide bonds. The zero-order chi connectivity index (χ0) is 23.4. The summed E-state index contributed by atoms with van der Waals surface area (Å²) in [6.07, 6.45) is 0.859. The number of hydrogen-bond acceptors (Lipinski definition) is 8. The largest absolute Gasteiger partial charge is 0.480 e. The molecular weight excluding hydrogens is 432 g/mol. The van der Waals surface area contributed by atoms with Crippen LogP contribution in [0.15, 0.2) is 0 Å². The van der Waals surface area contributed by atoms with Crippen molar-refractivity contribution in [3.63, 3.8) is 0 Å². The van der Waals surface area contributed by atoms with Gasteiger partial charge in [0.05, 0.1) is 12.1 Å². The van der Waals surface area contributed by atoms with Crippen molar-refractivity contribution < 1.29 is 29.4 Å². The summed E-state index contributed by atoms with van der Waals surface area (Å²) in [5.74, 6) is -3.12. The minimum Gasteiger partial charge on any atom is -0.480 e. The average Bonchev–Trinajstić information content (AvgIpc) is 2.60. The van der Waals surface area contributed by atoms with Crippen LogP contribution < -0.4 is 22.1 Å². The zero-order valence-electron chi connectivity index (χ0n) is 17.8.